The van der Waals surface area contributed by atoms with Gasteiger partial charge in [-0.05, 0) is 17.7 Å². The summed E-state index contributed by atoms with van der Waals surface area (Å²) in [7, 11) is 0. The fourth-order valence-electron chi connectivity index (χ4n) is 0.563. The van der Waals surface area contributed by atoms with Gasteiger partial charge in [0.2, 0.25) is 0 Å². The summed E-state index contributed by atoms with van der Waals surface area (Å²) >= 11 is 10.8. The molecule has 1 rings (SSSR count). The first-order valence-electron chi connectivity index (χ1n) is 2.63. The lowest BCUT2D eigenvalue weighted by Crippen LogP contribution is -2.35. The first-order valence-corrected chi connectivity index (χ1v) is 3.38. The zero-order valence-electron chi connectivity index (χ0n) is 5.20. The minimum atomic E-state index is -0.647. The van der Waals surface area contributed by atoms with Crippen molar-refractivity contribution in [1.29, 1.82) is 0 Å². The van der Waals surface area contributed by atoms with Gasteiger partial charge in [0, 0.05) is 0 Å². The van der Waals surface area contributed by atoms with Gasteiger partial charge in [0.1, 0.15) is 11.7 Å². The number of halogens is 2. The summed E-state index contributed by atoms with van der Waals surface area (Å²) in [6.07, 6.45) is 1.40. The van der Waals surface area contributed by atoms with E-state index >= 15 is 0 Å². The molecule has 1 heterocycles. The van der Waals surface area contributed by atoms with Gasteiger partial charge in [-0.15, -0.1) is 0 Å². The first-order chi connectivity index (χ1) is 5.11. The van der Waals surface area contributed by atoms with E-state index in [1.54, 1.807) is 0 Å². The molecule has 0 aromatic heterocycles. The Morgan fingerprint density at radius 3 is 2.82 bits per heavy atom. The molecule has 5 nitrogen and oxygen atoms in total. The van der Waals surface area contributed by atoms with E-state index in [1.807, 2.05) is 0 Å². The molecule has 1 aliphatic rings. The maximum absolute atomic E-state index is 10.2. The number of nitro groups is 1. The van der Waals surface area contributed by atoms with Gasteiger partial charge in [-0.1, -0.05) is 16.6 Å². The van der Waals surface area contributed by atoms with Crippen LogP contribution in [0.2, 0.25) is 0 Å². The van der Waals surface area contributed by atoms with Crippen molar-refractivity contribution in [3.63, 3.8) is 0 Å². The molecule has 0 radical (unpaired) electrons. The normalized spacial score (nSPS) is 17.5. The largest absolute Gasteiger partial charge is 0.264 e. The average molecular weight is 196 g/mol. The predicted octanol–water partition coefficient (Wildman–Crippen LogP) is 1.17. The minimum Gasteiger partial charge on any atom is -0.234 e. The highest BCUT2D eigenvalue weighted by atomic mass is 35.5. The second-order valence-corrected chi connectivity index (χ2v) is 2.45. The molecule has 0 bridgehead atoms. The van der Waals surface area contributed by atoms with Gasteiger partial charge in [0.05, 0.1) is 0 Å². The van der Waals surface area contributed by atoms with E-state index in [2.05, 4.69) is 4.99 Å². The molecule has 0 spiro atoms. The van der Waals surface area contributed by atoms with Crippen molar-refractivity contribution in [3.8, 4) is 0 Å². The molecular weight excluding hydrogens is 193 g/mol. The van der Waals surface area contributed by atoms with Crippen molar-refractivity contribution in [3.05, 3.63) is 21.3 Å². The molecule has 0 atom stereocenters. The molecule has 1 aliphatic heterocycles. The fraction of sp³-hybridized carbons (Fsp3) is 0.250. The molecule has 11 heavy (non-hydrogen) atoms. The van der Waals surface area contributed by atoms with Crippen LogP contribution in [0.15, 0.2) is 16.2 Å². The Morgan fingerprint density at radius 1 is 1.73 bits per heavy atom. The summed E-state index contributed by atoms with van der Waals surface area (Å²) < 4.78 is 0. The molecule has 0 fully saturated rings. The lowest BCUT2D eigenvalue weighted by molar-refractivity contribution is -0.626. The first kappa shape index (κ1) is 8.29. The Balaban J connectivity index is 2.80. The molecule has 0 aromatic rings. The van der Waals surface area contributed by atoms with Crippen molar-refractivity contribution < 1.29 is 5.03 Å². The molecule has 60 valence electrons. The summed E-state index contributed by atoms with van der Waals surface area (Å²) in [5.74, 6) is 0. The van der Waals surface area contributed by atoms with Crippen molar-refractivity contribution >= 4 is 28.5 Å². The molecule has 0 amide bonds. The number of rotatable bonds is 1. The van der Waals surface area contributed by atoms with Gasteiger partial charge in [-0.3, -0.25) is 0 Å². The number of hydrogen-bond donors (Lipinski definition) is 0. The second-order valence-electron chi connectivity index (χ2n) is 1.73. The van der Waals surface area contributed by atoms with Gasteiger partial charge < -0.3 is 0 Å². The van der Waals surface area contributed by atoms with Crippen LogP contribution in [0, 0.1) is 10.1 Å². The van der Waals surface area contributed by atoms with Crippen LogP contribution in [0.4, 0.5) is 0 Å². The van der Waals surface area contributed by atoms with Crippen LogP contribution in [-0.2, 0) is 0 Å². The summed E-state index contributed by atoms with van der Waals surface area (Å²) in [5.41, 5.74) is 0. The second kappa shape index (κ2) is 3.06. The molecule has 0 saturated heterocycles. The van der Waals surface area contributed by atoms with E-state index in [0.29, 0.717) is 5.01 Å². The van der Waals surface area contributed by atoms with Crippen molar-refractivity contribution in [2.75, 3.05) is 6.54 Å². The van der Waals surface area contributed by atoms with E-state index < -0.39 is 5.03 Å². The van der Waals surface area contributed by atoms with Crippen LogP contribution in [0.25, 0.3) is 0 Å². The van der Waals surface area contributed by atoms with Crippen LogP contribution in [0.3, 0.4) is 0 Å². The van der Waals surface area contributed by atoms with Crippen molar-refractivity contribution in [2.45, 2.75) is 0 Å². The lowest BCUT2D eigenvalue weighted by atomic mass is 10.5. The van der Waals surface area contributed by atoms with E-state index in [1.165, 1.54) is 6.08 Å². The highest BCUT2D eigenvalue weighted by molar-refractivity contribution is 6.64. The maximum atomic E-state index is 10.2. The molecule has 0 N–H and O–H groups in total. The van der Waals surface area contributed by atoms with E-state index in [-0.39, 0.29) is 17.0 Å². The molecule has 0 saturated carbocycles. The number of aliphatic imine (C=N–C) groups is 1. The molecule has 0 unspecified atom stereocenters. The van der Waals surface area contributed by atoms with Gasteiger partial charge in [0.25, 0.3) is 5.29 Å². The predicted molar refractivity (Wildman–Crippen MR) is 40.9 cm³/mol. The number of hydrogen-bond acceptors (Lipinski definition) is 3. The average Bonchev–Trinajstić information content (AvgIpc) is 1.85. The smallest absolute Gasteiger partial charge is 0.234 e. The molecule has 7 heteroatoms. The summed E-state index contributed by atoms with van der Waals surface area (Å²) in [4.78, 5) is 13.6. The Hall–Kier alpha value is -0.810. The third-order valence-corrected chi connectivity index (χ3v) is 1.56. The van der Waals surface area contributed by atoms with Gasteiger partial charge in [0.15, 0.2) is 5.03 Å². The zero-order valence-corrected chi connectivity index (χ0v) is 6.71. The van der Waals surface area contributed by atoms with Crippen molar-refractivity contribution in [2.24, 2.45) is 4.99 Å². The fourth-order valence-corrected chi connectivity index (χ4v) is 0.977. The van der Waals surface area contributed by atoms with Crippen LogP contribution < -0.4 is 0 Å². The van der Waals surface area contributed by atoms with E-state index in [4.69, 9.17) is 23.2 Å². The van der Waals surface area contributed by atoms with Gasteiger partial charge in [-0.2, -0.15) is 0 Å². The third-order valence-electron chi connectivity index (χ3n) is 1.04. The quantitative estimate of drug-likeness (QED) is 0.359. The maximum Gasteiger partial charge on any atom is 0.264 e. The van der Waals surface area contributed by atoms with Gasteiger partial charge >= 0.3 is 0 Å². The zero-order chi connectivity index (χ0) is 8.43. The lowest BCUT2D eigenvalue weighted by Gasteiger charge is -2.12. The summed E-state index contributed by atoms with van der Waals surface area (Å²) in [5, 5.41) is 10.2. The summed E-state index contributed by atoms with van der Waals surface area (Å²) in [6, 6.07) is 0. The van der Waals surface area contributed by atoms with Crippen LogP contribution in [-0.4, -0.2) is 21.9 Å². The number of amidine groups is 1. The topological polar surface area (TPSA) is 58.7 Å². The Kier molecular flexibility index (Phi) is 2.31. The van der Waals surface area contributed by atoms with E-state index in [9.17, 15) is 10.1 Å². The number of hydrazine groups is 1. The van der Waals surface area contributed by atoms with Crippen LogP contribution in [0.5, 0.6) is 0 Å². The Morgan fingerprint density at radius 2 is 2.36 bits per heavy atom. The van der Waals surface area contributed by atoms with Crippen molar-refractivity contribution in [1.82, 2.24) is 5.01 Å². The Bertz CT molecular complexity index is 250. The van der Waals surface area contributed by atoms with Crippen LogP contribution >= 0.6 is 23.2 Å². The van der Waals surface area contributed by atoms with Crippen LogP contribution in [0.1, 0.15) is 0 Å². The standard InChI is InChI=1S/C4H3Cl2N3O2/c5-3-1-2-8(9(10)11)4(6)7-3/h1H,2H2. The molecule has 0 aliphatic carbocycles. The van der Waals surface area contributed by atoms with E-state index in [0.717, 1.165) is 0 Å². The Labute approximate surface area is 72.0 Å². The number of nitrogens with zero attached hydrogens (tertiary/aromatic N) is 3. The highest BCUT2D eigenvalue weighted by Crippen LogP contribution is 2.13. The SMILES string of the molecule is O=[N+]([O-])N1CC=C(Cl)N=C1Cl. The minimum absolute atomic E-state index is 0.0498. The van der Waals surface area contributed by atoms with Gasteiger partial charge in [-0.25, -0.2) is 15.1 Å². The third kappa shape index (κ3) is 1.81. The monoisotopic (exact) mass is 195 g/mol. The molecular formula is C4H3Cl2N3O2. The summed E-state index contributed by atoms with van der Waals surface area (Å²) in [6.45, 7) is 0.0498. The highest BCUT2D eigenvalue weighted by Gasteiger charge is 2.22. The molecule has 0 aromatic carbocycles.